The predicted molar refractivity (Wildman–Crippen MR) is 59.6 cm³/mol. The van der Waals surface area contributed by atoms with E-state index >= 15 is 0 Å². The van der Waals surface area contributed by atoms with Gasteiger partial charge in [0, 0.05) is 6.54 Å². The lowest BCUT2D eigenvalue weighted by Crippen LogP contribution is -2.20. The van der Waals surface area contributed by atoms with Gasteiger partial charge in [0.1, 0.15) is 4.88 Å². The molecule has 1 aliphatic carbocycles. The lowest BCUT2D eigenvalue weighted by Gasteiger charge is -2.25. The van der Waals surface area contributed by atoms with Gasteiger partial charge < -0.3 is 10.4 Å². The van der Waals surface area contributed by atoms with Crippen molar-refractivity contribution in [1.82, 2.24) is 4.98 Å². The van der Waals surface area contributed by atoms with Crippen molar-refractivity contribution < 1.29 is 9.90 Å². The van der Waals surface area contributed by atoms with Crippen molar-refractivity contribution >= 4 is 22.4 Å². The number of aromatic carboxylic acids is 1. The van der Waals surface area contributed by atoms with E-state index in [9.17, 15) is 4.79 Å². The number of carbonyl (C=O) groups is 1. The molecular weight excluding hydrogens is 212 g/mol. The number of thiazole rings is 1. The molecule has 1 heterocycles. The maximum absolute atomic E-state index is 10.8. The molecule has 82 valence electrons. The molecule has 0 amide bonds. The first-order valence-corrected chi connectivity index (χ1v) is 5.93. The minimum atomic E-state index is -0.887. The summed E-state index contributed by atoms with van der Waals surface area (Å²) in [7, 11) is 0. The van der Waals surface area contributed by atoms with Gasteiger partial charge in [0.15, 0.2) is 5.13 Å². The first-order chi connectivity index (χ1) is 7.16. The number of carboxylic acids is 1. The number of carboxylic acid groups (broad SMARTS) is 1. The molecule has 1 aromatic heterocycles. The van der Waals surface area contributed by atoms with Crippen LogP contribution in [0.1, 0.15) is 34.6 Å². The van der Waals surface area contributed by atoms with E-state index in [0.717, 1.165) is 17.6 Å². The molecule has 0 saturated heterocycles. The molecular formula is C10H14N2O2S. The highest BCUT2D eigenvalue weighted by Crippen LogP contribution is 2.28. The van der Waals surface area contributed by atoms with Gasteiger partial charge in [0.2, 0.25) is 0 Å². The summed E-state index contributed by atoms with van der Waals surface area (Å²) in [6, 6.07) is 0. The first kappa shape index (κ1) is 10.4. The Bertz CT molecular complexity index is 371. The maximum Gasteiger partial charge on any atom is 0.347 e. The number of rotatable bonds is 4. The molecule has 4 nitrogen and oxygen atoms in total. The first-order valence-electron chi connectivity index (χ1n) is 5.11. The number of nitrogens with zero attached hydrogens (tertiary/aromatic N) is 1. The second-order valence-corrected chi connectivity index (χ2v) is 4.92. The van der Waals surface area contributed by atoms with Crippen LogP contribution in [0.15, 0.2) is 0 Å². The number of hydrogen-bond acceptors (Lipinski definition) is 4. The van der Waals surface area contributed by atoms with Gasteiger partial charge in [-0.15, -0.1) is 0 Å². The van der Waals surface area contributed by atoms with Crippen molar-refractivity contribution in [2.24, 2.45) is 5.92 Å². The van der Waals surface area contributed by atoms with Gasteiger partial charge in [0.05, 0.1) is 5.69 Å². The standard InChI is InChI=1S/C10H14N2O2S/c1-6-8(9(13)14)15-10(12-6)11-5-7-3-2-4-7/h7H,2-5H2,1H3,(H,11,12)(H,13,14). The highest BCUT2D eigenvalue weighted by Gasteiger charge is 2.18. The van der Waals surface area contributed by atoms with Crippen LogP contribution in [0.5, 0.6) is 0 Å². The highest BCUT2D eigenvalue weighted by atomic mass is 32.1. The molecule has 0 radical (unpaired) electrons. The zero-order valence-electron chi connectivity index (χ0n) is 8.62. The zero-order chi connectivity index (χ0) is 10.8. The van der Waals surface area contributed by atoms with Gasteiger partial charge >= 0.3 is 5.97 Å². The molecule has 2 rings (SSSR count). The minimum Gasteiger partial charge on any atom is -0.477 e. The summed E-state index contributed by atoms with van der Waals surface area (Å²) in [4.78, 5) is 15.3. The smallest absolute Gasteiger partial charge is 0.347 e. The van der Waals surface area contributed by atoms with Crippen LogP contribution < -0.4 is 5.32 Å². The van der Waals surface area contributed by atoms with Gasteiger partial charge in [-0.2, -0.15) is 0 Å². The Balaban J connectivity index is 1.96. The number of aromatic nitrogens is 1. The predicted octanol–water partition coefficient (Wildman–Crippen LogP) is 2.36. The fourth-order valence-corrected chi connectivity index (χ4v) is 2.41. The zero-order valence-corrected chi connectivity index (χ0v) is 9.43. The number of hydrogen-bond donors (Lipinski definition) is 2. The van der Waals surface area contributed by atoms with E-state index in [1.165, 1.54) is 30.6 Å². The summed E-state index contributed by atoms with van der Waals surface area (Å²) in [6.45, 7) is 2.65. The van der Waals surface area contributed by atoms with Gasteiger partial charge in [0.25, 0.3) is 0 Å². The summed E-state index contributed by atoms with van der Waals surface area (Å²) >= 11 is 1.22. The van der Waals surface area contributed by atoms with E-state index < -0.39 is 5.97 Å². The molecule has 2 N–H and O–H groups in total. The average molecular weight is 226 g/mol. The van der Waals surface area contributed by atoms with Crippen molar-refractivity contribution in [2.75, 3.05) is 11.9 Å². The quantitative estimate of drug-likeness (QED) is 0.827. The van der Waals surface area contributed by atoms with Crippen molar-refractivity contribution in [2.45, 2.75) is 26.2 Å². The van der Waals surface area contributed by atoms with Crippen molar-refractivity contribution in [3.05, 3.63) is 10.6 Å². The summed E-state index contributed by atoms with van der Waals surface area (Å²) in [6.07, 6.45) is 3.88. The summed E-state index contributed by atoms with van der Waals surface area (Å²) < 4.78 is 0. The molecule has 0 bridgehead atoms. The lowest BCUT2D eigenvalue weighted by atomic mass is 9.86. The topological polar surface area (TPSA) is 62.2 Å². The largest absolute Gasteiger partial charge is 0.477 e. The van der Waals surface area contributed by atoms with E-state index in [1.807, 2.05) is 0 Å². The second-order valence-electron chi connectivity index (χ2n) is 3.92. The van der Waals surface area contributed by atoms with Crippen molar-refractivity contribution in [3.63, 3.8) is 0 Å². The van der Waals surface area contributed by atoms with Crippen LogP contribution in [0.3, 0.4) is 0 Å². The fraction of sp³-hybridized carbons (Fsp3) is 0.600. The van der Waals surface area contributed by atoms with Gasteiger partial charge in [-0.3, -0.25) is 0 Å². The van der Waals surface area contributed by atoms with Crippen LogP contribution in [-0.2, 0) is 0 Å². The molecule has 1 aliphatic rings. The Labute approximate surface area is 92.3 Å². The van der Waals surface area contributed by atoms with E-state index in [2.05, 4.69) is 10.3 Å². The van der Waals surface area contributed by atoms with Gasteiger partial charge in [-0.1, -0.05) is 17.8 Å². The lowest BCUT2D eigenvalue weighted by molar-refractivity contribution is 0.0701. The van der Waals surface area contributed by atoms with Crippen molar-refractivity contribution in [1.29, 1.82) is 0 Å². The molecule has 0 spiro atoms. The Morgan fingerprint density at radius 2 is 2.40 bits per heavy atom. The van der Waals surface area contributed by atoms with Crippen LogP contribution >= 0.6 is 11.3 Å². The van der Waals surface area contributed by atoms with Crippen LogP contribution in [-0.4, -0.2) is 22.6 Å². The second kappa shape index (κ2) is 4.18. The molecule has 0 aliphatic heterocycles. The molecule has 5 heteroatoms. The monoisotopic (exact) mass is 226 g/mol. The Hall–Kier alpha value is -1.10. The van der Waals surface area contributed by atoms with Crippen LogP contribution in [0, 0.1) is 12.8 Å². The average Bonchev–Trinajstić information content (AvgIpc) is 2.44. The third-order valence-corrected chi connectivity index (χ3v) is 3.86. The molecule has 0 atom stereocenters. The Kier molecular flexibility index (Phi) is 2.90. The van der Waals surface area contributed by atoms with E-state index in [1.54, 1.807) is 6.92 Å². The summed E-state index contributed by atoms with van der Waals surface area (Å²) in [5, 5.41) is 12.8. The molecule has 0 aromatic carbocycles. The van der Waals surface area contributed by atoms with Gasteiger partial charge in [-0.25, -0.2) is 9.78 Å². The minimum absolute atomic E-state index is 0.339. The molecule has 1 saturated carbocycles. The number of nitrogens with one attached hydrogen (secondary N) is 1. The van der Waals surface area contributed by atoms with E-state index in [-0.39, 0.29) is 0 Å². The van der Waals surface area contributed by atoms with Crippen LogP contribution in [0.2, 0.25) is 0 Å². The molecule has 0 unspecified atom stereocenters. The SMILES string of the molecule is Cc1nc(NCC2CCC2)sc1C(=O)O. The van der Waals surface area contributed by atoms with E-state index in [0.29, 0.717) is 10.6 Å². The summed E-state index contributed by atoms with van der Waals surface area (Å²) in [5.74, 6) is -0.135. The third kappa shape index (κ3) is 2.28. The maximum atomic E-state index is 10.8. The number of anilines is 1. The summed E-state index contributed by atoms with van der Waals surface area (Å²) in [5.41, 5.74) is 0.601. The fourth-order valence-electron chi connectivity index (χ4n) is 1.60. The van der Waals surface area contributed by atoms with Gasteiger partial charge in [-0.05, 0) is 25.7 Å². The normalized spacial score (nSPS) is 16.1. The molecule has 15 heavy (non-hydrogen) atoms. The Morgan fingerprint density at radius 1 is 1.67 bits per heavy atom. The molecule has 1 aromatic rings. The van der Waals surface area contributed by atoms with E-state index in [4.69, 9.17) is 5.11 Å². The van der Waals surface area contributed by atoms with Crippen LogP contribution in [0.25, 0.3) is 0 Å². The highest BCUT2D eigenvalue weighted by molar-refractivity contribution is 7.17. The van der Waals surface area contributed by atoms with Crippen LogP contribution in [0.4, 0.5) is 5.13 Å². The number of aryl methyl sites for hydroxylation is 1. The molecule has 1 fully saturated rings. The third-order valence-electron chi connectivity index (χ3n) is 2.76. The Morgan fingerprint density at radius 3 is 2.87 bits per heavy atom. The van der Waals surface area contributed by atoms with Crippen molar-refractivity contribution in [3.8, 4) is 0 Å².